The summed E-state index contributed by atoms with van der Waals surface area (Å²) in [7, 11) is 2.21. The van der Waals surface area contributed by atoms with E-state index in [1.165, 1.54) is 44.7 Å². The van der Waals surface area contributed by atoms with Gasteiger partial charge in [-0.05, 0) is 50.6 Å². The van der Waals surface area contributed by atoms with Crippen molar-refractivity contribution in [2.24, 2.45) is 5.73 Å². The topological polar surface area (TPSA) is 112 Å². The average Bonchev–Trinajstić information content (AvgIpc) is 2.87. The van der Waals surface area contributed by atoms with Gasteiger partial charge in [0.05, 0.1) is 0 Å². The third-order valence-corrected chi connectivity index (χ3v) is 7.54. The number of likely N-dealkylation sites (N-methyl/N-ethyl adjacent to an activating group) is 1. The molecule has 36 heavy (non-hydrogen) atoms. The Kier molecular flexibility index (Phi) is 7.54. The Bertz CT molecular complexity index is 1040. The van der Waals surface area contributed by atoms with Gasteiger partial charge in [-0.2, -0.15) is 4.98 Å². The second-order valence-corrected chi connectivity index (χ2v) is 10.0. The van der Waals surface area contributed by atoms with Gasteiger partial charge in [0.1, 0.15) is 11.8 Å². The van der Waals surface area contributed by atoms with Crippen LogP contribution in [0.2, 0.25) is 0 Å². The molecule has 3 aliphatic rings. The zero-order chi connectivity index (χ0) is 25.1. The smallest absolute Gasteiger partial charge is 0.271 e. The van der Waals surface area contributed by atoms with Gasteiger partial charge in [-0.25, -0.2) is 4.98 Å². The number of carbonyl (C=O) groups is 1. The number of rotatable bonds is 8. The third-order valence-electron chi connectivity index (χ3n) is 7.54. The van der Waals surface area contributed by atoms with E-state index in [1.807, 2.05) is 19.1 Å². The Labute approximate surface area is 213 Å². The minimum atomic E-state index is -0.614. The normalized spacial score (nSPS) is 20.2. The summed E-state index contributed by atoms with van der Waals surface area (Å²) in [6.45, 7) is 10.3. The number of nitrogens with one attached hydrogen (secondary N) is 2. The monoisotopic (exact) mass is 494 g/mol. The molecule has 5 rings (SSSR count). The first-order chi connectivity index (χ1) is 17.5. The number of amides is 1. The van der Waals surface area contributed by atoms with Gasteiger partial charge in [0.25, 0.3) is 5.91 Å². The van der Waals surface area contributed by atoms with Crippen LogP contribution in [0.4, 0.5) is 17.2 Å². The fourth-order valence-corrected chi connectivity index (χ4v) is 5.11. The summed E-state index contributed by atoms with van der Waals surface area (Å²) in [4.78, 5) is 28.7. The minimum Gasteiger partial charge on any atom is -0.470 e. The van der Waals surface area contributed by atoms with E-state index in [2.05, 4.69) is 54.5 Å². The summed E-state index contributed by atoms with van der Waals surface area (Å²) in [6, 6.07) is 8.96. The number of hydrogen-bond donors (Lipinski definition) is 3. The molecule has 10 heteroatoms. The number of aryl methyl sites for hydroxylation is 1. The molecule has 0 spiro atoms. The molecule has 0 saturated carbocycles. The van der Waals surface area contributed by atoms with E-state index in [-0.39, 0.29) is 11.8 Å². The van der Waals surface area contributed by atoms with Crippen molar-refractivity contribution in [1.29, 1.82) is 0 Å². The van der Waals surface area contributed by atoms with E-state index in [1.54, 1.807) is 0 Å². The van der Waals surface area contributed by atoms with Crippen LogP contribution in [0.1, 0.15) is 35.9 Å². The zero-order valence-electron chi connectivity index (χ0n) is 21.4. The molecule has 3 fully saturated rings. The Balaban J connectivity index is 1.24. The number of benzene rings is 1. The van der Waals surface area contributed by atoms with Crippen LogP contribution < -0.4 is 26.0 Å². The number of anilines is 3. The first-order valence-corrected chi connectivity index (χ1v) is 13.1. The standard InChI is InChI=1S/C26H38N8O2/c1-3-22-26(36-21-16-28-17-21)31-25(23(30-22)24(27)35)29-18-4-6-19(7-5-18)33-10-8-20(9-11-33)34-14-12-32(2)13-15-34/h4-7,20-21,28H,3,8-17H2,1-2H3,(H2,27,35)(H,29,31). The maximum atomic E-state index is 12.1. The minimum absolute atomic E-state index is 0.0663. The molecule has 194 valence electrons. The number of ether oxygens (including phenoxy) is 1. The highest BCUT2D eigenvalue weighted by molar-refractivity contribution is 5.96. The molecule has 0 bridgehead atoms. The molecule has 0 radical (unpaired) electrons. The fourth-order valence-electron chi connectivity index (χ4n) is 5.11. The van der Waals surface area contributed by atoms with Crippen LogP contribution >= 0.6 is 0 Å². The SMILES string of the molecule is CCc1nc(C(N)=O)c(Nc2ccc(N3CCC(N4CCN(C)CC4)CC3)cc2)nc1OC1CNC1. The molecule has 4 heterocycles. The molecule has 10 nitrogen and oxygen atoms in total. The van der Waals surface area contributed by atoms with E-state index in [9.17, 15) is 4.79 Å². The van der Waals surface area contributed by atoms with Crippen molar-refractivity contribution in [3.63, 3.8) is 0 Å². The largest absolute Gasteiger partial charge is 0.470 e. The summed E-state index contributed by atoms with van der Waals surface area (Å²) in [6.07, 6.45) is 3.06. The summed E-state index contributed by atoms with van der Waals surface area (Å²) in [5.41, 5.74) is 8.42. The van der Waals surface area contributed by atoms with Gasteiger partial charge in [0, 0.05) is 69.8 Å². The molecule has 2 aromatic rings. The van der Waals surface area contributed by atoms with Crippen molar-refractivity contribution >= 4 is 23.1 Å². The zero-order valence-corrected chi connectivity index (χ0v) is 21.4. The van der Waals surface area contributed by atoms with Crippen molar-refractivity contribution in [3.8, 4) is 5.88 Å². The van der Waals surface area contributed by atoms with Gasteiger partial charge in [0.2, 0.25) is 5.88 Å². The van der Waals surface area contributed by atoms with Crippen molar-refractivity contribution in [3.05, 3.63) is 35.7 Å². The average molecular weight is 495 g/mol. The maximum Gasteiger partial charge on any atom is 0.271 e. The molecular weight excluding hydrogens is 456 g/mol. The van der Waals surface area contributed by atoms with Crippen LogP contribution in [0.3, 0.4) is 0 Å². The molecular formula is C26H38N8O2. The molecule has 0 atom stereocenters. The molecule has 1 aromatic carbocycles. The quantitative estimate of drug-likeness (QED) is 0.502. The van der Waals surface area contributed by atoms with Gasteiger partial charge in [0.15, 0.2) is 11.5 Å². The molecule has 4 N–H and O–H groups in total. The van der Waals surface area contributed by atoms with Gasteiger partial charge in [-0.3, -0.25) is 9.69 Å². The Morgan fingerprint density at radius 2 is 1.78 bits per heavy atom. The number of piperazine rings is 1. The Morgan fingerprint density at radius 1 is 1.08 bits per heavy atom. The van der Waals surface area contributed by atoms with Crippen LogP contribution in [0.25, 0.3) is 0 Å². The first kappa shape index (κ1) is 24.7. The molecule has 1 aromatic heterocycles. The highest BCUT2D eigenvalue weighted by atomic mass is 16.5. The van der Waals surface area contributed by atoms with Crippen LogP contribution in [0, 0.1) is 0 Å². The highest BCUT2D eigenvalue weighted by Gasteiger charge is 2.27. The lowest BCUT2D eigenvalue weighted by Gasteiger charge is -2.42. The van der Waals surface area contributed by atoms with Gasteiger partial charge >= 0.3 is 0 Å². The lowest BCUT2D eigenvalue weighted by molar-refractivity contribution is 0.0982. The van der Waals surface area contributed by atoms with Crippen molar-refractivity contribution < 1.29 is 9.53 Å². The summed E-state index contributed by atoms with van der Waals surface area (Å²) in [5.74, 6) is 0.162. The van der Waals surface area contributed by atoms with E-state index in [0.29, 0.717) is 29.9 Å². The lowest BCUT2D eigenvalue weighted by atomic mass is 10.0. The number of aromatic nitrogens is 2. The molecule has 3 saturated heterocycles. The maximum absolute atomic E-state index is 12.1. The van der Waals surface area contributed by atoms with E-state index >= 15 is 0 Å². The molecule has 3 aliphatic heterocycles. The molecule has 0 aliphatic carbocycles. The van der Waals surface area contributed by atoms with Crippen molar-refractivity contribution in [2.75, 3.05) is 69.6 Å². The first-order valence-electron chi connectivity index (χ1n) is 13.1. The Morgan fingerprint density at radius 3 is 2.36 bits per heavy atom. The second-order valence-electron chi connectivity index (χ2n) is 10.0. The second kappa shape index (κ2) is 11.0. The molecule has 1 amide bonds. The number of piperidine rings is 1. The van der Waals surface area contributed by atoms with Crippen LogP contribution in [-0.4, -0.2) is 97.2 Å². The van der Waals surface area contributed by atoms with Gasteiger partial charge < -0.3 is 30.9 Å². The van der Waals surface area contributed by atoms with E-state index in [0.717, 1.165) is 31.9 Å². The number of hydrogen-bond acceptors (Lipinski definition) is 9. The third kappa shape index (κ3) is 5.55. The van der Waals surface area contributed by atoms with E-state index < -0.39 is 5.91 Å². The lowest BCUT2D eigenvalue weighted by Crippen LogP contribution is -2.52. The number of carbonyl (C=O) groups excluding carboxylic acids is 1. The van der Waals surface area contributed by atoms with Crippen LogP contribution in [-0.2, 0) is 6.42 Å². The Hall–Kier alpha value is -2.95. The highest BCUT2D eigenvalue weighted by Crippen LogP contribution is 2.28. The van der Waals surface area contributed by atoms with Crippen LogP contribution in [0.15, 0.2) is 24.3 Å². The predicted octanol–water partition coefficient (Wildman–Crippen LogP) is 1.45. The van der Waals surface area contributed by atoms with E-state index in [4.69, 9.17) is 10.5 Å². The van der Waals surface area contributed by atoms with Crippen molar-refractivity contribution in [2.45, 2.75) is 38.3 Å². The summed E-state index contributed by atoms with van der Waals surface area (Å²) in [5, 5.41) is 6.42. The molecule has 0 unspecified atom stereocenters. The number of nitrogens with two attached hydrogens (primary N) is 1. The number of primary amides is 1. The summed E-state index contributed by atoms with van der Waals surface area (Å²) >= 11 is 0. The van der Waals surface area contributed by atoms with Crippen LogP contribution in [0.5, 0.6) is 5.88 Å². The van der Waals surface area contributed by atoms with Crippen molar-refractivity contribution in [1.82, 2.24) is 25.1 Å². The van der Waals surface area contributed by atoms with Gasteiger partial charge in [-0.1, -0.05) is 6.92 Å². The fraction of sp³-hybridized carbons (Fsp3) is 0.577. The summed E-state index contributed by atoms with van der Waals surface area (Å²) < 4.78 is 6.00. The predicted molar refractivity (Wildman–Crippen MR) is 141 cm³/mol. The van der Waals surface area contributed by atoms with Gasteiger partial charge in [-0.15, -0.1) is 0 Å². The number of nitrogens with zero attached hydrogens (tertiary/aromatic N) is 5.